The standard InChI is InChI=1S/C24H37N5O2/c1-16(2)26-24(31)25-10-21-9-18-6-7-28(21)15-20(18)14-27-11-17-8-19(13-27)22-4-3-5-23(30)29(22)12-17/h3-5,16-21H,6-15H2,1-2H3,(H2,25,26,31)/t17-,18-,19-,20+,21+/m1/s1. The first-order valence-electron chi connectivity index (χ1n) is 12.2. The average Bonchev–Trinajstić information content (AvgIpc) is 2.73. The van der Waals surface area contributed by atoms with Gasteiger partial charge < -0.3 is 20.1 Å². The third kappa shape index (κ3) is 4.40. The van der Waals surface area contributed by atoms with Gasteiger partial charge in [-0.2, -0.15) is 0 Å². The van der Waals surface area contributed by atoms with Crippen LogP contribution in [0.5, 0.6) is 0 Å². The zero-order chi connectivity index (χ0) is 21.5. The van der Waals surface area contributed by atoms with Gasteiger partial charge in [0, 0.05) is 69.0 Å². The topological polar surface area (TPSA) is 69.6 Å². The number of hydrogen-bond acceptors (Lipinski definition) is 4. The second-order valence-corrected chi connectivity index (χ2v) is 10.6. The highest BCUT2D eigenvalue weighted by Gasteiger charge is 2.42. The molecule has 6 rings (SSSR count). The Kier molecular flexibility index (Phi) is 5.82. The highest BCUT2D eigenvalue weighted by molar-refractivity contribution is 5.74. The fourth-order valence-electron chi connectivity index (χ4n) is 6.67. The van der Waals surface area contributed by atoms with Crippen molar-refractivity contribution in [3.8, 4) is 0 Å². The number of fused-ring (bicyclic) bond motifs is 7. The van der Waals surface area contributed by atoms with Gasteiger partial charge in [0.25, 0.3) is 5.56 Å². The Labute approximate surface area is 185 Å². The van der Waals surface area contributed by atoms with Gasteiger partial charge in [0.2, 0.25) is 0 Å². The van der Waals surface area contributed by atoms with Crippen LogP contribution >= 0.6 is 0 Å². The predicted octanol–water partition coefficient (Wildman–Crippen LogP) is 1.69. The molecule has 5 aliphatic heterocycles. The van der Waals surface area contributed by atoms with Gasteiger partial charge in [-0.15, -0.1) is 0 Å². The van der Waals surface area contributed by atoms with E-state index < -0.39 is 0 Å². The zero-order valence-corrected chi connectivity index (χ0v) is 18.9. The molecule has 4 saturated heterocycles. The minimum atomic E-state index is -0.0477. The number of nitrogens with one attached hydrogen (secondary N) is 2. The Hall–Kier alpha value is -1.86. The van der Waals surface area contributed by atoms with Crippen LogP contribution in [0.4, 0.5) is 4.79 Å². The molecule has 170 valence electrons. The van der Waals surface area contributed by atoms with E-state index in [4.69, 9.17) is 0 Å². The maximum Gasteiger partial charge on any atom is 0.315 e. The molecule has 2 amide bonds. The van der Waals surface area contributed by atoms with Crippen LogP contribution < -0.4 is 16.2 Å². The van der Waals surface area contributed by atoms with E-state index in [1.54, 1.807) is 6.07 Å². The molecule has 2 N–H and O–H groups in total. The van der Waals surface area contributed by atoms with E-state index in [1.165, 1.54) is 38.0 Å². The lowest BCUT2D eigenvalue weighted by Crippen LogP contribution is -2.59. The number of nitrogens with zero attached hydrogens (tertiary/aromatic N) is 3. The molecular formula is C24H37N5O2. The highest BCUT2D eigenvalue weighted by Crippen LogP contribution is 2.39. The minimum absolute atomic E-state index is 0.0477. The van der Waals surface area contributed by atoms with Crippen molar-refractivity contribution in [3.05, 3.63) is 34.2 Å². The van der Waals surface area contributed by atoms with Crippen molar-refractivity contribution in [1.82, 2.24) is 25.0 Å². The molecule has 1 unspecified atom stereocenters. The number of carbonyl (C=O) groups excluding carboxylic acids is 1. The summed E-state index contributed by atoms with van der Waals surface area (Å²) in [5, 5.41) is 6.00. The van der Waals surface area contributed by atoms with Gasteiger partial charge in [0.15, 0.2) is 0 Å². The Bertz CT molecular complexity index is 868. The summed E-state index contributed by atoms with van der Waals surface area (Å²) in [5.41, 5.74) is 1.41. The molecule has 6 heterocycles. The second-order valence-electron chi connectivity index (χ2n) is 10.6. The Morgan fingerprint density at radius 2 is 2.03 bits per heavy atom. The van der Waals surface area contributed by atoms with Crippen molar-refractivity contribution in [3.63, 3.8) is 0 Å². The van der Waals surface area contributed by atoms with Crippen LogP contribution in [-0.4, -0.2) is 71.8 Å². The van der Waals surface area contributed by atoms with E-state index >= 15 is 0 Å². The van der Waals surface area contributed by atoms with Crippen LogP contribution in [-0.2, 0) is 6.54 Å². The molecule has 0 aromatic carbocycles. The number of pyridine rings is 1. The lowest BCUT2D eigenvalue weighted by atomic mass is 9.74. The molecule has 4 bridgehead atoms. The summed E-state index contributed by atoms with van der Waals surface area (Å²) in [7, 11) is 0. The van der Waals surface area contributed by atoms with Gasteiger partial charge in [-0.1, -0.05) is 6.07 Å². The number of piperidine rings is 4. The minimum Gasteiger partial charge on any atom is -0.337 e. The van der Waals surface area contributed by atoms with Gasteiger partial charge in [-0.05, 0) is 63.5 Å². The summed E-state index contributed by atoms with van der Waals surface area (Å²) in [4.78, 5) is 29.5. The molecule has 0 spiro atoms. The summed E-state index contributed by atoms with van der Waals surface area (Å²) >= 11 is 0. The molecule has 0 radical (unpaired) electrons. The van der Waals surface area contributed by atoms with Crippen LogP contribution in [0.25, 0.3) is 0 Å². The van der Waals surface area contributed by atoms with E-state index in [0.29, 0.717) is 17.9 Å². The normalized spacial score (nSPS) is 34.4. The first-order chi connectivity index (χ1) is 15.0. The largest absolute Gasteiger partial charge is 0.337 e. The summed E-state index contributed by atoms with van der Waals surface area (Å²) in [6, 6.07) is 6.39. The Morgan fingerprint density at radius 1 is 1.16 bits per heavy atom. The van der Waals surface area contributed by atoms with E-state index in [0.717, 1.165) is 44.6 Å². The fourth-order valence-corrected chi connectivity index (χ4v) is 6.67. The summed E-state index contributed by atoms with van der Waals surface area (Å²) < 4.78 is 2.03. The third-order valence-electron chi connectivity index (χ3n) is 7.98. The van der Waals surface area contributed by atoms with E-state index in [1.807, 2.05) is 24.5 Å². The maximum absolute atomic E-state index is 12.3. The van der Waals surface area contributed by atoms with Crippen LogP contribution in [0.3, 0.4) is 0 Å². The van der Waals surface area contributed by atoms with E-state index in [-0.39, 0.29) is 17.6 Å². The fraction of sp³-hybridized carbons (Fsp3) is 0.750. The van der Waals surface area contributed by atoms with Crippen molar-refractivity contribution in [2.24, 2.45) is 17.8 Å². The Morgan fingerprint density at radius 3 is 2.81 bits per heavy atom. The number of amides is 2. The number of urea groups is 1. The lowest BCUT2D eigenvalue weighted by molar-refractivity contribution is -0.0194. The van der Waals surface area contributed by atoms with Crippen molar-refractivity contribution in [1.29, 1.82) is 0 Å². The van der Waals surface area contributed by atoms with Crippen LogP contribution in [0.15, 0.2) is 23.0 Å². The molecular weight excluding hydrogens is 390 g/mol. The third-order valence-corrected chi connectivity index (χ3v) is 7.98. The molecule has 5 aliphatic rings. The number of carbonyl (C=O) groups is 1. The van der Waals surface area contributed by atoms with Gasteiger partial charge in [-0.25, -0.2) is 4.79 Å². The van der Waals surface area contributed by atoms with Crippen molar-refractivity contribution in [2.45, 2.75) is 57.7 Å². The molecule has 4 fully saturated rings. The monoisotopic (exact) mass is 427 g/mol. The zero-order valence-electron chi connectivity index (χ0n) is 18.9. The molecule has 1 aromatic rings. The number of rotatable bonds is 5. The van der Waals surface area contributed by atoms with E-state index in [9.17, 15) is 9.59 Å². The second kappa shape index (κ2) is 8.58. The lowest BCUT2D eigenvalue weighted by Gasteiger charge is -2.52. The first kappa shape index (κ1) is 21.0. The Balaban J connectivity index is 1.17. The maximum atomic E-state index is 12.3. The smallest absolute Gasteiger partial charge is 0.315 e. The average molecular weight is 428 g/mol. The highest BCUT2D eigenvalue weighted by atomic mass is 16.2. The van der Waals surface area contributed by atoms with Crippen LogP contribution in [0.2, 0.25) is 0 Å². The first-order valence-corrected chi connectivity index (χ1v) is 12.2. The molecule has 1 aromatic heterocycles. The quantitative estimate of drug-likeness (QED) is 0.750. The number of hydrogen-bond donors (Lipinski definition) is 2. The summed E-state index contributed by atoms with van der Waals surface area (Å²) in [6.45, 7) is 11.3. The molecule has 7 nitrogen and oxygen atoms in total. The SMILES string of the molecule is CC(C)NC(=O)NC[C@@H]1C[C@H]2CCN1C[C@@H]2CN1C[C@H]2C[C@H](C1)c1cccc(=O)n1C2. The summed E-state index contributed by atoms with van der Waals surface area (Å²) in [5.74, 6) is 2.59. The molecule has 6 atom stereocenters. The molecule has 0 aliphatic carbocycles. The predicted molar refractivity (Wildman–Crippen MR) is 121 cm³/mol. The van der Waals surface area contributed by atoms with Crippen molar-refractivity contribution in [2.75, 3.05) is 39.3 Å². The number of aromatic nitrogens is 1. The van der Waals surface area contributed by atoms with Gasteiger partial charge in [0.1, 0.15) is 0 Å². The molecule has 7 heteroatoms. The van der Waals surface area contributed by atoms with Gasteiger partial charge in [0.05, 0.1) is 0 Å². The molecule has 0 saturated carbocycles. The van der Waals surface area contributed by atoms with Gasteiger partial charge >= 0.3 is 6.03 Å². The molecule has 31 heavy (non-hydrogen) atoms. The van der Waals surface area contributed by atoms with Crippen LogP contribution in [0.1, 0.15) is 44.7 Å². The van der Waals surface area contributed by atoms with Gasteiger partial charge in [-0.3, -0.25) is 9.69 Å². The van der Waals surface area contributed by atoms with Crippen molar-refractivity contribution < 1.29 is 4.79 Å². The van der Waals surface area contributed by atoms with Crippen molar-refractivity contribution >= 4 is 6.03 Å². The number of likely N-dealkylation sites (tertiary alicyclic amines) is 1. The van der Waals surface area contributed by atoms with E-state index in [2.05, 4.69) is 26.5 Å². The summed E-state index contributed by atoms with van der Waals surface area (Å²) in [6.07, 6.45) is 3.72. The van der Waals surface area contributed by atoms with Crippen LogP contribution in [0, 0.1) is 17.8 Å².